The number of aromatic hydroxyl groups is 1. The smallest absolute Gasteiger partial charge is 0.407 e. The van der Waals surface area contributed by atoms with Crippen molar-refractivity contribution in [2.75, 3.05) is 26.3 Å². The monoisotopic (exact) mass is 514 g/mol. The molecule has 0 spiro atoms. The summed E-state index contributed by atoms with van der Waals surface area (Å²) < 4.78 is 10.3. The number of carbonyl (C=O) groups is 4. The topological polar surface area (TPSA) is 175 Å². The summed E-state index contributed by atoms with van der Waals surface area (Å²) in [6.45, 7) is 3.76. The fourth-order valence-electron chi connectivity index (χ4n) is 2.88. The van der Waals surface area contributed by atoms with Crippen molar-refractivity contribution < 1.29 is 38.9 Å². The molecule has 0 radical (unpaired) electrons. The fourth-order valence-corrected chi connectivity index (χ4v) is 2.88. The number of hydrogen-bond donors (Lipinski definition) is 6. The van der Waals surface area contributed by atoms with Gasteiger partial charge in [0.15, 0.2) is 0 Å². The molecule has 2 aromatic carbocycles. The Morgan fingerprint density at radius 1 is 1.00 bits per heavy atom. The normalized spacial score (nSPS) is 10.9. The van der Waals surface area contributed by atoms with Gasteiger partial charge in [0.05, 0.1) is 18.7 Å². The van der Waals surface area contributed by atoms with Gasteiger partial charge in [-0.05, 0) is 24.1 Å². The molecule has 4 amide bonds. The Morgan fingerprint density at radius 3 is 2.43 bits per heavy atom. The molecule has 1 atom stereocenters. The summed E-state index contributed by atoms with van der Waals surface area (Å²) in [5, 5.41) is 29.3. The minimum atomic E-state index is -1.44. The molecule has 12 nitrogen and oxygen atoms in total. The summed E-state index contributed by atoms with van der Waals surface area (Å²) in [4.78, 5) is 47.2. The van der Waals surface area contributed by atoms with Crippen LogP contribution in [0.1, 0.15) is 22.3 Å². The first-order chi connectivity index (χ1) is 17.8. The molecule has 0 aliphatic carbocycles. The summed E-state index contributed by atoms with van der Waals surface area (Å²) in [5.74, 6) is -2.27. The van der Waals surface area contributed by atoms with E-state index in [1.807, 2.05) is 30.3 Å². The molecular weight excluding hydrogens is 484 g/mol. The number of carboxylic acid groups (broad SMARTS) is 1. The van der Waals surface area contributed by atoms with Crippen LogP contribution in [0.25, 0.3) is 0 Å². The number of aliphatic carboxylic acids is 1. The maximum Gasteiger partial charge on any atom is 0.407 e. The minimum Gasteiger partial charge on any atom is -0.507 e. The second-order valence-electron chi connectivity index (χ2n) is 7.58. The van der Waals surface area contributed by atoms with Crippen molar-refractivity contribution in [3.05, 3.63) is 72.3 Å². The van der Waals surface area contributed by atoms with E-state index >= 15 is 0 Å². The van der Waals surface area contributed by atoms with Crippen molar-refractivity contribution in [3.8, 4) is 11.5 Å². The number of carbonyl (C=O) groups excluding carboxylic acids is 3. The van der Waals surface area contributed by atoms with Crippen molar-refractivity contribution in [1.29, 1.82) is 0 Å². The molecule has 0 heterocycles. The zero-order chi connectivity index (χ0) is 27.0. The Morgan fingerprint density at radius 2 is 1.76 bits per heavy atom. The fraction of sp³-hybridized carbons (Fsp3) is 0.280. The van der Waals surface area contributed by atoms with Crippen molar-refractivity contribution in [2.45, 2.75) is 19.0 Å². The van der Waals surface area contributed by atoms with Crippen LogP contribution in [0.15, 0.2) is 61.2 Å². The third-order valence-electron chi connectivity index (χ3n) is 4.78. The number of nitrogens with one attached hydrogen (secondary N) is 4. The van der Waals surface area contributed by atoms with E-state index in [0.29, 0.717) is 13.0 Å². The van der Waals surface area contributed by atoms with Gasteiger partial charge in [-0.1, -0.05) is 36.4 Å². The van der Waals surface area contributed by atoms with Crippen LogP contribution in [0.3, 0.4) is 0 Å². The molecule has 0 saturated heterocycles. The second-order valence-corrected chi connectivity index (χ2v) is 7.58. The predicted octanol–water partition coefficient (Wildman–Crippen LogP) is 1.76. The zero-order valence-corrected chi connectivity index (χ0v) is 20.1. The van der Waals surface area contributed by atoms with Crippen LogP contribution in [0.5, 0.6) is 11.5 Å². The number of phenolic OH excluding ortho intramolecular Hbond substituents is 1. The third-order valence-corrected chi connectivity index (χ3v) is 4.78. The van der Waals surface area contributed by atoms with Gasteiger partial charge in [0.1, 0.15) is 24.1 Å². The van der Waals surface area contributed by atoms with Crippen LogP contribution < -0.4 is 26.0 Å². The number of urea groups is 1. The Kier molecular flexibility index (Phi) is 11.8. The van der Waals surface area contributed by atoms with Gasteiger partial charge in [0.25, 0.3) is 5.91 Å². The van der Waals surface area contributed by atoms with Crippen molar-refractivity contribution in [3.63, 3.8) is 0 Å². The van der Waals surface area contributed by atoms with Gasteiger partial charge < -0.3 is 41.0 Å². The molecule has 6 N–H and O–H groups in total. The molecule has 12 heteroatoms. The molecule has 2 aromatic rings. The number of ether oxygens (including phenoxy) is 2. The molecular formula is C25H30N4O8. The summed E-state index contributed by atoms with van der Waals surface area (Å²) >= 11 is 0. The third kappa shape index (κ3) is 10.6. The molecule has 0 unspecified atom stereocenters. The van der Waals surface area contributed by atoms with Gasteiger partial charge in [0, 0.05) is 19.2 Å². The number of phenols is 1. The molecule has 0 saturated carbocycles. The van der Waals surface area contributed by atoms with E-state index in [1.54, 1.807) is 0 Å². The van der Waals surface area contributed by atoms with Crippen molar-refractivity contribution in [2.24, 2.45) is 0 Å². The number of carboxylic acids is 1. The predicted molar refractivity (Wildman–Crippen MR) is 133 cm³/mol. The van der Waals surface area contributed by atoms with Crippen LogP contribution in [-0.2, 0) is 16.1 Å². The van der Waals surface area contributed by atoms with E-state index in [1.165, 1.54) is 24.3 Å². The molecule has 0 aliphatic rings. The number of rotatable bonds is 14. The molecule has 0 fully saturated rings. The van der Waals surface area contributed by atoms with Gasteiger partial charge in [-0.2, -0.15) is 0 Å². The molecule has 0 bridgehead atoms. The van der Waals surface area contributed by atoms with Gasteiger partial charge in [-0.25, -0.2) is 14.4 Å². The Labute approximate surface area is 213 Å². The standard InChI is InChI=1S/C25H30N4O8/c1-2-3-12-37-25(35)29-20(23(32)33)16-27-22(31)19-10-9-18(14-21(19)30)36-13-11-26-24(34)28-15-17-7-5-4-6-8-17/h2,4-10,14,20,30H,1,3,11-13,15-16H2,(H,27,31)(H,29,35)(H,32,33)(H2,26,28,34)/t20-/m0/s1. The average molecular weight is 515 g/mol. The number of benzene rings is 2. The number of amides is 4. The first kappa shape index (κ1) is 28.5. The zero-order valence-electron chi connectivity index (χ0n) is 20.1. The van der Waals surface area contributed by atoms with Crippen LogP contribution >= 0.6 is 0 Å². The highest BCUT2D eigenvalue weighted by molar-refractivity contribution is 5.97. The largest absolute Gasteiger partial charge is 0.507 e. The molecule has 2 rings (SSSR count). The summed E-state index contributed by atoms with van der Waals surface area (Å²) in [6, 6.07) is 11.6. The maximum atomic E-state index is 12.4. The quantitative estimate of drug-likeness (QED) is 0.163. The Bertz CT molecular complexity index is 1080. The SMILES string of the molecule is C=CCCOC(=O)N[C@@H](CNC(=O)c1ccc(OCCNC(=O)NCc2ccccc2)cc1O)C(=O)O. The lowest BCUT2D eigenvalue weighted by molar-refractivity contribution is -0.139. The Hall–Kier alpha value is -4.74. The van der Waals surface area contributed by atoms with Crippen LogP contribution in [0.2, 0.25) is 0 Å². The molecule has 0 aromatic heterocycles. The summed E-state index contributed by atoms with van der Waals surface area (Å²) in [7, 11) is 0. The van der Waals surface area contributed by atoms with E-state index in [4.69, 9.17) is 9.47 Å². The van der Waals surface area contributed by atoms with Crippen LogP contribution in [0, 0.1) is 0 Å². The second kappa shape index (κ2) is 15.3. The van der Waals surface area contributed by atoms with E-state index in [2.05, 4.69) is 27.8 Å². The average Bonchev–Trinajstić information content (AvgIpc) is 2.88. The molecule has 0 aliphatic heterocycles. The van der Waals surface area contributed by atoms with Crippen LogP contribution in [0.4, 0.5) is 9.59 Å². The van der Waals surface area contributed by atoms with Gasteiger partial charge >= 0.3 is 18.1 Å². The first-order valence-electron chi connectivity index (χ1n) is 11.4. The Balaban J connectivity index is 1.75. The number of hydrogen-bond acceptors (Lipinski definition) is 7. The summed E-state index contributed by atoms with van der Waals surface area (Å²) in [6.07, 6.45) is 0.992. The van der Waals surface area contributed by atoms with Gasteiger partial charge in [0.2, 0.25) is 0 Å². The summed E-state index contributed by atoms with van der Waals surface area (Å²) in [5.41, 5.74) is 0.841. The van der Waals surface area contributed by atoms with Crippen molar-refractivity contribution >= 4 is 24.0 Å². The first-order valence-corrected chi connectivity index (χ1v) is 11.4. The lowest BCUT2D eigenvalue weighted by Gasteiger charge is -2.16. The van der Waals surface area contributed by atoms with E-state index < -0.39 is 36.3 Å². The van der Waals surface area contributed by atoms with Crippen LogP contribution in [-0.4, -0.2) is 66.6 Å². The molecule has 198 valence electrons. The maximum absolute atomic E-state index is 12.4. The van der Waals surface area contributed by atoms with E-state index in [9.17, 15) is 29.4 Å². The lowest BCUT2D eigenvalue weighted by Crippen LogP contribution is -2.48. The minimum absolute atomic E-state index is 0.0356. The number of alkyl carbamates (subject to hydrolysis) is 1. The van der Waals surface area contributed by atoms with E-state index in [-0.39, 0.29) is 37.1 Å². The lowest BCUT2D eigenvalue weighted by atomic mass is 10.1. The highest BCUT2D eigenvalue weighted by Gasteiger charge is 2.22. The van der Waals surface area contributed by atoms with E-state index in [0.717, 1.165) is 5.56 Å². The van der Waals surface area contributed by atoms with Crippen molar-refractivity contribution in [1.82, 2.24) is 21.3 Å². The van der Waals surface area contributed by atoms with Gasteiger partial charge in [-0.3, -0.25) is 4.79 Å². The molecule has 37 heavy (non-hydrogen) atoms. The highest BCUT2D eigenvalue weighted by atomic mass is 16.5. The highest BCUT2D eigenvalue weighted by Crippen LogP contribution is 2.23. The van der Waals surface area contributed by atoms with Gasteiger partial charge in [-0.15, -0.1) is 6.58 Å².